The van der Waals surface area contributed by atoms with Crippen molar-refractivity contribution in [2.24, 2.45) is 0 Å². The molecule has 1 heterocycles. The number of carbonyl (C=O) groups is 1. The number of carbonyl (C=O) groups excluding carboxylic acids is 1. The van der Waals surface area contributed by atoms with Gasteiger partial charge in [-0.15, -0.1) is 11.8 Å². The van der Waals surface area contributed by atoms with Crippen molar-refractivity contribution >= 4 is 17.7 Å². The summed E-state index contributed by atoms with van der Waals surface area (Å²) in [5.74, 6) is 1.55. The number of rotatable bonds is 5. The molecule has 1 amide bonds. The largest absolute Gasteiger partial charge is 0.497 e. The zero-order valence-electron chi connectivity index (χ0n) is 15.6. The summed E-state index contributed by atoms with van der Waals surface area (Å²) in [6.45, 7) is 6.01. The number of benzene rings is 2. The first-order valence-corrected chi connectivity index (χ1v) is 9.65. The van der Waals surface area contributed by atoms with Gasteiger partial charge in [0.2, 0.25) is 5.91 Å². The second-order valence-corrected chi connectivity index (χ2v) is 8.52. The van der Waals surface area contributed by atoms with Crippen molar-refractivity contribution in [3.8, 4) is 11.5 Å². The van der Waals surface area contributed by atoms with Gasteiger partial charge in [-0.05, 0) is 45.0 Å². The van der Waals surface area contributed by atoms with E-state index in [0.29, 0.717) is 0 Å². The fraction of sp³-hybridized carbons (Fsp3) is 0.381. The van der Waals surface area contributed by atoms with Gasteiger partial charge in [-0.25, -0.2) is 0 Å². The maximum atomic E-state index is 12.8. The van der Waals surface area contributed by atoms with Crippen molar-refractivity contribution in [2.45, 2.75) is 49.0 Å². The van der Waals surface area contributed by atoms with Gasteiger partial charge in [0.1, 0.15) is 17.1 Å². The molecule has 138 valence electrons. The Morgan fingerprint density at radius 2 is 2.00 bits per heavy atom. The number of thioether (sulfide) groups is 1. The van der Waals surface area contributed by atoms with Gasteiger partial charge in [0.15, 0.2) is 0 Å². The highest BCUT2D eigenvalue weighted by Crippen LogP contribution is 2.41. The summed E-state index contributed by atoms with van der Waals surface area (Å²) in [7, 11) is 1.64. The van der Waals surface area contributed by atoms with Gasteiger partial charge in [-0.2, -0.15) is 0 Å². The molecule has 0 spiro atoms. The Labute approximate surface area is 159 Å². The number of ether oxygens (including phenoxy) is 2. The van der Waals surface area contributed by atoms with Crippen LogP contribution < -0.4 is 14.8 Å². The number of fused-ring (bicyclic) bond motifs is 1. The summed E-state index contributed by atoms with van der Waals surface area (Å²) < 4.78 is 11.4. The third-order valence-corrected chi connectivity index (χ3v) is 5.53. The van der Waals surface area contributed by atoms with E-state index < -0.39 is 0 Å². The molecule has 1 aliphatic heterocycles. The summed E-state index contributed by atoms with van der Waals surface area (Å²) in [6.07, 6.45) is 0.723. The SMILES string of the molecule is COc1ccc2c(c1)OC(C)(C)C[C@H]2NC(=O)[C@@H](C)Sc1ccccc1. The first-order valence-electron chi connectivity index (χ1n) is 8.77. The van der Waals surface area contributed by atoms with Crippen LogP contribution in [0.1, 0.15) is 38.8 Å². The van der Waals surface area contributed by atoms with Crippen LogP contribution in [0.4, 0.5) is 0 Å². The Hall–Kier alpha value is -2.14. The molecule has 0 aliphatic carbocycles. The molecular formula is C21H25NO3S. The minimum Gasteiger partial charge on any atom is -0.497 e. The topological polar surface area (TPSA) is 47.6 Å². The average Bonchev–Trinajstić information content (AvgIpc) is 2.61. The van der Waals surface area contributed by atoms with E-state index in [-0.39, 0.29) is 22.8 Å². The second kappa shape index (κ2) is 7.62. The Morgan fingerprint density at radius 3 is 2.69 bits per heavy atom. The minimum atomic E-state index is -0.354. The zero-order valence-corrected chi connectivity index (χ0v) is 16.4. The summed E-state index contributed by atoms with van der Waals surface area (Å²) >= 11 is 1.56. The van der Waals surface area contributed by atoms with Crippen molar-refractivity contribution in [3.05, 3.63) is 54.1 Å². The quantitative estimate of drug-likeness (QED) is 0.781. The van der Waals surface area contributed by atoms with Gasteiger partial charge < -0.3 is 14.8 Å². The van der Waals surface area contributed by atoms with Crippen molar-refractivity contribution in [2.75, 3.05) is 7.11 Å². The van der Waals surface area contributed by atoms with Crippen LogP contribution in [-0.4, -0.2) is 23.9 Å². The summed E-state index contributed by atoms with van der Waals surface area (Å²) in [5, 5.41) is 3.03. The highest BCUT2D eigenvalue weighted by Gasteiger charge is 2.35. The first-order chi connectivity index (χ1) is 12.4. The molecule has 5 heteroatoms. The van der Waals surface area contributed by atoms with Gasteiger partial charge in [0.05, 0.1) is 18.4 Å². The molecule has 1 aliphatic rings. The Morgan fingerprint density at radius 1 is 1.27 bits per heavy atom. The first kappa shape index (κ1) is 18.6. The van der Waals surface area contributed by atoms with Crippen LogP contribution in [0.5, 0.6) is 11.5 Å². The second-order valence-electron chi connectivity index (χ2n) is 7.10. The van der Waals surface area contributed by atoms with E-state index in [1.807, 2.05) is 69.3 Å². The van der Waals surface area contributed by atoms with Gasteiger partial charge in [0, 0.05) is 22.9 Å². The third-order valence-electron chi connectivity index (χ3n) is 4.42. The number of hydrogen-bond acceptors (Lipinski definition) is 4. The molecule has 0 fully saturated rings. The lowest BCUT2D eigenvalue weighted by Gasteiger charge is -2.38. The molecule has 0 radical (unpaired) electrons. The Balaban J connectivity index is 1.75. The van der Waals surface area contributed by atoms with Crippen molar-refractivity contribution in [3.63, 3.8) is 0 Å². The molecule has 3 rings (SSSR count). The molecule has 2 aromatic carbocycles. The molecule has 0 saturated carbocycles. The molecule has 0 saturated heterocycles. The van der Waals surface area contributed by atoms with Crippen LogP contribution in [0.2, 0.25) is 0 Å². The molecule has 0 bridgehead atoms. The number of amides is 1. The maximum Gasteiger partial charge on any atom is 0.233 e. The monoisotopic (exact) mass is 371 g/mol. The van der Waals surface area contributed by atoms with Crippen LogP contribution in [0.25, 0.3) is 0 Å². The van der Waals surface area contributed by atoms with Crippen LogP contribution in [0, 0.1) is 0 Å². The summed E-state index contributed by atoms with van der Waals surface area (Å²) in [5.41, 5.74) is 0.642. The van der Waals surface area contributed by atoms with Crippen molar-refractivity contribution in [1.82, 2.24) is 5.32 Å². The van der Waals surface area contributed by atoms with Crippen LogP contribution >= 0.6 is 11.8 Å². The lowest BCUT2D eigenvalue weighted by molar-refractivity contribution is -0.121. The van der Waals surface area contributed by atoms with E-state index >= 15 is 0 Å². The summed E-state index contributed by atoms with van der Waals surface area (Å²) in [4.78, 5) is 13.9. The number of hydrogen-bond donors (Lipinski definition) is 1. The van der Waals surface area contributed by atoms with Crippen molar-refractivity contribution in [1.29, 1.82) is 0 Å². The minimum absolute atomic E-state index is 0.0309. The fourth-order valence-electron chi connectivity index (χ4n) is 3.13. The van der Waals surface area contributed by atoms with E-state index in [2.05, 4.69) is 5.32 Å². The Bertz CT molecular complexity index is 776. The average molecular weight is 372 g/mol. The molecule has 1 N–H and O–H groups in total. The van der Waals surface area contributed by atoms with E-state index in [9.17, 15) is 4.79 Å². The highest BCUT2D eigenvalue weighted by atomic mass is 32.2. The molecule has 26 heavy (non-hydrogen) atoms. The third kappa shape index (κ3) is 4.33. The number of methoxy groups -OCH3 is 1. The molecule has 4 nitrogen and oxygen atoms in total. The summed E-state index contributed by atoms with van der Waals surface area (Å²) in [6, 6.07) is 15.7. The van der Waals surface area contributed by atoms with Crippen LogP contribution in [-0.2, 0) is 4.79 Å². The standard InChI is InChI=1S/C21H25NO3S/c1-14(26-16-8-6-5-7-9-16)20(23)22-18-13-21(2,3)25-19-12-15(24-4)10-11-17(18)19/h5-12,14,18H,13H2,1-4H3,(H,22,23)/t14-,18-/m1/s1. The smallest absolute Gasteiger partial charge is 0.233 e. The van der Waals surface area contributed by atoms with Crippen LogP contribution in [0.3, 0.4) is 0 Å². The lowest BCUT2D eigenvalue weighted by Crippen LogP contribution is -2.43. The van der Waals surface area contributed by atoms with E-state index in [1.54, 1.807) is 18.9 Å². The normalized spacial score (nSPS) is 19.0. The van der Waals surface area contributed by atoms with Gasteiger partial charge >= 0.3 is 0 Å². The van der Waals surface area contributed by atoms with Gasteiger partial charge in [0.25, 0.3) is 0 Å². The van der Waals surface area contributed by atoms with Crippen LogP contribution in [0.15, 0.2) is 53.4 Å². The zero-order chi connectivity index (χ0) is 18.7. The van der Waals surface area contributed by atoms with Crippen molar-refractivity contribution < 1.29 is 14.3 Å². The Kier molecular flexibility index (Phi) is 5.47. The lowest BCUT2D eigenvalue weighted by atomic mass is 9.89. The molecule has 0 aromatic heterocycles. The maximum absolute atomic E-state index is 12.8. The van der Waals surface area contributed by atoms with E-state index in [1.165, 1.54) is 0 Å². The van der Waals surface area contributed by atoms with Gasteiger partial charge in [-0.1, -0.05) is 18.2 Å². The predicted molar refractivity (Wildman–Crippen MR) is 105 cm³/mol. The molecule has 2 aromatic rings. The van der Waals surface area contributed by atoms with E-state index in [0.717, 1.165) is 28.4 Å². The van der Waals surface area contributed by atoms with Gasteiger partial charge in [-0.3, -0.25) is 4.79 Å². The molecular weight excluding hydrogens is 346 g/mol. The molecule has 0 unspecified atom stereocenters. The highest BCUT2D eigenvalue weighted by molar-refractivity contribution is 8.00. The van der Waals surface area contributed by atoms with E-state index in [4.69, 9.17) is 9.47 Å². The predicted octanol–water partition coefficient (Wildman–Crippen LogP) is 4.59. The number of nitrogens with one attached hydrogen (secondary N) is 1. The molecule has 2 atom stereocenters. The fourth-order valence-corrected chi connectivity index (χ4v) is 4.03.